The van der Waals surface area contributed by atoms with Crippen LogP contribution in [-0.2, 0) is 4.79 Å². The van der Waals surface area contributed by atoms with Crippen molar-refractivity contribution in [2.75, 3.05) is 5.32 Å². The molecule has 0 saturated carbocycles. The Kier molecular flexibility index (Phi) is 5.50. The summed E-state index contributed by atoms with van der Waals surface area (Å²) >= 11 is 2.67. The van der Waals surface area contributed by atoms with E-state index in [-0.39, 0.29) is 11.5 Å². The second-order valence-electron chi connectivity index (χ2n) is 6.34. The van der Waals surface area contributed by atoms with Gasteiger partial charge in [-0.1, -0.05) is 42.0 Å². The van der Waals surface area contributed by atoms with Crippen molar-refractivity contribution in [3.8, 4) is 5.69 Å². The molecule has 3 heterocycles. The van der Waals surface area contributed by atoms with Gasteiger partial charge in [-0.25, -0.2) is 4.98 Å². The minimum Gasteiger partial charge on any atom is -0.360 e. The molecule has 1 atom stereocenters. The van der Waals surface area contributed by atoms with Crippen molar-refractivity contribution >= 4 is 45.0 Å². The number of anilines is 1. The number of benzene rings is 1. The van der Waals surface area contributed by atoms with E-state index in [0.29, 0.717) is 39.1 Å². The third kappa shape index (κ3) is 3.96. The van der Waals surface area contributed by atoms with E-state index in [1.165, 1.54) is 23.1 Å². The van der Waals surface area contributed by atoms with Crippen molar-refractivity contribution in [2.24, 2.45) is 0 Å². The molecule has 0 aliphatic carbocycles. The van der Waals surface area contributed by atoms with Crippen molar-refractivity contribution < 1.29 is 9.32 Å². The van der Waals surface area contributed by atoms with E-state index in [0.717, 1.165) is 0 Å². The van der Waals surface area contributed by atoms with Crippen molar-refractivity contribution in [2.45, 2.75) is 30.7 Å². The lowest BCUT2D eigenvalue weighted by Gasteiger charge is -2.17. The number of carbonyl (C=O) groups is 1. The normalized spacial score (nSPS) is 12.2. The molecule has 0 bridgehead atoms. The first-order chi connectivity index (χ1) is 14.1. The van der Waals surface area contributed by atoms with Gasteiger partial charge in [-0.05, 0) is 36.9 Å². The average molecular weight is 427 g/mol. The summed E-state index contributed by atoms with van der Waals surface area (Å²) in [6.07, 6.45) is 0.556. The molecule has 0 aliphatic heterocycles. The number of hydrogen-bond donors (Lipinski definition) is 1. The minimum absolute atomic E-state index is 0.146. The van der Waals surface area contributed by atoms with Crippen LogP contribution in [0.4, 0.5) is 5.82 Å². The molecule has 1 N–H and O–H groups in total. The van der Waals surface area contributed by atoms with E-state index < -0.39 is 5.25 Å². The maximum absolute atomic E-state index is 13.1. The van der Waals surface area contributed by atoms with Gasteiger partial charge >= 0.3 is 0 Å². The highest BCUT2D eigenvalue weighted by atomic mass is 32.2. The topological polar surface area (TPSA) is 90.0 Å². The maximum atomic E-state index is 13.1. The van der Waals surface area contributed by atoms with Gasteiger partial charge in [0.2, 0.25) is 5.91 Å². The summed E-state index contributed by atoms with van der Waals surface area (Å²) in [4.78, 5) is 31.3. The lowest BCUT2D eigenvalue weighted by atomic mass is 10.3. The molecule has 9 heteroatoms. The van der Waals surface area contributed by atoms with Gasteiger partial charge in [0, 0.05) is 6.07 Å². The molecular weight excluding hydrogens is 408 g/mol. The van der Waals surface area contributed by atoms with Gasteiger partial charge in [0.25, 0.3) is 5.56 Å². The standard InChI is InChI=1S/C20H18N4O3S2/c1-3-15(17(25)21-16-11-12(2)27-23-16)29-20-22-18-14(9-10-28-18)19(26)24(20)13-7-5-4-6-8-13/h4-11,15H,3H2,1-2H3,(H,21,23,25). The number of nitrogens with zero attached hydrogens (tertiary/aromatic N) is 3. The first-order valence-corrected chi connectivity index (χ1v) is 10.8. The number of amides is 1. The van der Waals surface area contributed by atoms with Gasteiger partial charge in [0.1, 0.15) is 10.6 Å². The number of thioether (sulfide) groups is 1. The van der Waals surface area contributed by atoms with Crippen LogP contribution in [0.2, 0.25) is 0 Å². The lowest BCUT2D eigenvalue weighted by molar-refractivity contribution is -0.115. The number of aromatic nitrogens is 3. The third-order valence-corrected chi connectivity index (χ3v) is 6.39. The highest BCUT2D eigenvalue weighted by Gasteiger charge is 2.23. The quantitative estimate of drug-likeness (QED) is 0.366. The van der Waals surface area contributed by atoms with Crippen molar-refractivity contribution in [1.29, 1.82) is 0 Å². The molecule has 1 amide bonds. The lowest BCUT2D eigenvalue weighted by Crippen LogP contribution is -2.27. The van der Waals surface area contributed by atoms with Crippen LogP contribution in [0.5, 0.6) is 0 Å². The summed E-state index contributed by atoms with van der Waals surface area (Å²) in [6, 6.07) is 12.8. The fourth-order valence-electron chi connectivity index (χ4n) is 2.86. The Morgan fingerprint density at radius 2 is 2.10 bits per heavy atom. The summed E-state index contributed by atoms with van der Waals surface area (Å²) in [5.41, 5.74) is 0.565. The van der Waals surface area contributed by atoms with Crippen LogP contribution in [0.25, 0.3) is 15.9 Å². The Morgan fingerprint density at radius 3 is 2.79 bits per heavy atom. The zero-order chi connectivity index (χ0) is 20.4. The smallest absolute Gasteiger partial charge is 0.267 e. The first-order valence-electron chi connectivity index (χ1n) is 9.03. The second-order valence-corrected chi connectivity index (χ2v) is 8.40. The average Bonchev–Trinajstić information content (AvgIpc) is 3.35. The highest BCUT2D eigenvalue weighted by Crippen LogP contribution is 2.29. The van der Waals surface area contributed by atoms with Crippen LogP contribution < -0.4 is 10.9 Å². The molecule has 7 nitrogen and oxygen atoms in total. The molecule has 0 fully saturated rings. The number of nitrogens with one attached hydrogen (secondary N) is 1. The number of thiophene rings is 1. The maximum Gasteiger partial charge on any atom is 0.267 e. The van der Waals surface area contributed by atoms with E-state index in [4.69, 9.17) is 4.52 Å². The fourth-order valence-corrected chi connectivity index (χ4v) is 4.70. The van der Waals surface area contributed by atoms with Crippen LogP contribution in [0.3, 0.4) is 0 Å². The van der Waals surface area contributed by atoms with Crippen LogP contribution in [0, 0.1) is 6.92 Å². The molecule has 0 saturated heterocycles. The number of aryl methyl sites for hydroxylation is 1. The van der Waals surface area contributed by atoms with Crippen molar-refractivity contribution in [1.82, 2.24) is 14.7 Å². The van der Waals surface area contributed by atoms with E-state index >= 15 is 0 Å². The van der Waals surface area contributed by atoms with Gasteiger partial charge in [-0.3, -0.25) is 14.2 Å². The molecule has 4 rings (SSSR count). The van der Waals surface area contributed by atoms with Gasteiger partial charge in [-0.2, -0.15) is 0 Å². The van der Waals surface area contributed by atoms with E-state index in [1.54, 1.807) is 23.6 Å². The predicted octanol–water partition coefficient (Wildman–Crippen LogP) is 4.25. The molecule has 4 aromatic rings. The number of hydrogen-bond acceptors (Lipinski definition) is 7. The van der Waals surface area contributed by atoms with Crippen molar-refractivity contribution in [3.63, 3.8) is 0 Å². The number of rotatable bonds is 6. The van der Waals surface area contributed by atoms with Gasteiger partial charge in [0.05, 0.1) is 16.3 Å². The predicted molar refractivity (Wildman–Crippen MR) is 115 cm³/mol. The van der Waals surface area contributed by atoms with Gasteiger partial charge in [0.15, 0.2) is 11.0 Å². The van der Waals surface area contributed by atoms with Gasteiger partial charge < -0.3 is 9.84 Å². The van der Waals surface area contributed by atoms with Gasteiger partial charge in [-0.15, -0.1) is 11.3 Å². The largest absolute Gasteiger partial charge is 0.360 e. The monoisotopic (exact) mass is 426 g/mol. The first kappa shape index (κ1) is 19.4. The Labute approximate surface area is 174 Å². The zero-order valence-electron chi connectivity index (χ0n) is 15.8. The summed E-state index contributed by atoms with van der Waals surface area (Å²) < 4.78 is 6.57. The van der Waals surface area contributed by atoms with E-state index in [1.807, 2.05) is 42.6 Å². The second kappa shape index (κ2) is 8.22. The Hall–Kier alpha value is -2.91. The summed E-state index contributed by atoms with van der Waals surface area (Å²) in [6.45, 7) is 3.67. The van der Waals surface area contributed by atoms with Crippen LogP contribution in [-0.4, -0.2) is 25.9 Å². The summed E-state index contributed by atoms with van der Waals surface area (Å²) in [5, 5.41) is 9.01. The van der Waals surface area contributed by atoms with E-state index in [2.05, 4.69) is 15.5 Å². The molecule has 148 valence electrons. The highest BCUT2D eigenvalue weighted by molar-refractivity contribution is 8.00. The SMILES string of the molecule is CCC(Sc1nc2sccc2c(=O)n1-c1ccccc1)C(=O)Nc1cc(C)on1. The number of para-hydroxylation sites is 1. The molecular formula is C20H18N4O3S2. The van der Waals surface area contributed by atoms with E-state index in [9.17, 15) is 9.59 Å². The molecule has 0 spiro atoms. The molecule has 0 aliphatic rings. The minimum atomic E-state index is -0.453. The Bertz CT molecular complexity index is 1210. The number of carbonyl (C=O) groups excluding carboxylic acids is 1. The number of fused-ring (bicyclic) bond motifs is 1. The third-order valence-electron chi connectivity index (χ3n) is 4.27. The Morgan fingerprint density at radius 1 is 1.31 bits per heavy atom. The van der Waals surface area contributed by atoms with Crippen LogP contribution >= 0.6 is 23.1 Å². The molecule has 0 radical (unpaired) electrons. The fraction of sp³-hybridized carbons (Fsp3) is 0.200. The van der Waals surface area contributed by atoms with Crippen LogP contribution in [0.1, 0.15) is 19.1 Å². The molecule has 1 aromatic carbocycles. The zero-order valence-corrected chi connectivity index (χ0v) is 17.4. The van der Waals surface area contributed by atoms with Crippen molar-refractivity contribution in [3.05, 3.63) is 64.0 Å². The van der Waals surface area contributed by atoms with Crippen LogP contribution in [0.15, 0.2) is 62.3 Å². The summed E-state index contributed by atoms with van der Waals surface area (Å²) in [7, 11) is 0. The summed E-state index contributed by atoms with van der Waals surface area (Å²) in [5.74, 6) is 0.767. The molecule has 1 unspecified atom stereocenters. The Balaban J connectivity index is 1.72. The molecule has 3 aromatic heterocycles. The molecule has 29 heavy (non-hydrogen) atoms.